The standard InChI is InChI=1S/C7H8Cl2N4O2/c8-5-3-4(6(9)13-12-5)11-1-2-15-7(10)14/h3H,1-2H2,(H2,10,14)(H,11,12). The molecule has 1 rings (SSSR count). The summed E-state index contributed by atoms with van der Waals surface area (Å²) in [4.78, 5) is 10.2. The summed E-state index contributed by atoms with van der Waals surface area (Å²) in [6.45, 7) is 0.482. The molecule has 0 aromatic carbocycles. The first-order valence-electron chi connectivity index (χ1n) is 3.94. The van der Waals surface area contributed by atoms with Crippen molar-refractivity contribution in [1.82, 2.24) is 10.2 Å². The van der Waals surface area contributed by atoms with Gasteiger partial charge in [0.15, 0.2) is 10.3 Å². The van der Waals surface area contributed by atoms with Crippen LogP contribution in [0.5, 0.6) is 0 Å². The third kappa shape index (κ3) is 4.18. The number of carbonyl (C=O) groups excluding carboxylic acids is 1. The van der Waals surface area contributed by atoms with E-state index >= 15 is 0 Å². The van der Waals surface area contributed by atoms with E-state index < -0.39 is 6.09 Å². The normalized spacial score (nSPS) is 9.73. The molecule has 15 heavy (non-hydrogen) atoms. The highest BCUT2D eigenvalue weighted by Crippen LogP contribution is 2.20. The Bertz CT molecular complexity index is 361. The van der Waals surface area contributed by atoms with E-state index in [9.17, 15) is 4.79 Å². The second kappa shape index (κ2) is 5.57. The largest absolute Gasteiger partial charge is 0.448 e. The molecule has 8 heteroatoms. The van der Waals surface area contributed by atoms with E-state index in [4.69, 9.17) is 28.9 Å². The number of anilines is 1. The molecule has 0 aliphatic heterocycles. The van der Waals surface area contributed by atoms with Gasteiger partial charge in [0.25, 0.3) is 0 Å². The van der Waals surface area contributed by atoms with Crippen LogP contribution in [0, 0.1) is 0 Å². The van der Waals surface area contributed by atoms with Crippen LogP contribution in [-0.2, 0) is 4.74 Å². The second-order valence-corrected chi connectivity index (χ2v) is 3.21. The molecule has 0 spiro atoms. The average molecular weight is 251 g/mol. The fraction of sp³-hybridized carbons (Fsp3) is 0.286. The quantitative estimate of drug-likeness (QED) is 0.787. The zero-order valence-electron chi connectivity index (χ0n) is 7.54. The Kier molecular flexibility index (Phi) is 4.38. The summed E-state index contributed by atoms with van der Waals surface area (Å²) in [6.07, 6.45) is -0.825. The lowest BCUT2D eigenvalue weighted by atomic mass is 10.4. The van der Waals surface area contributed by atoms with Crippen LogP contribution < -0.4 is 11.1 Å². The van der Waals surface area contributed by atoms with Gasteiger partial charge in [-0.2, -0.15) is 0 Å². The van der Waals surface area contributed by atoms with Gasteiger partial charge in [-0.05, 0) is 0 Å². The Morgan fingerprint density at radius 3 is 2.93 bits per heavy atom. The van der Waals surface area contributed by atoms with Crippen LogP contribution in [0.1, 0.15) is 0 Å². The Labute approximate surface area is 95.7 Å². The SMILES string of the molecule is NC(=O)OCCNc1cc(Cl)nnc1Cl. The highest BCUT2D eigenvalue weighted by atomic mass is 35.5. The third-order valence-electron chi connectivity index (χ3n) is 1.38. The number of rotatable bonds is 4. The van der Waals surface area contributed by atoms with Gasteiger partial charge in [-0.15, -0.1) is 10.2 Å². The summed E-state index contributed by atoms with van der Waals surface area (Å²) in [6, 6.07) is 1.52. The maximum Gasteiger partial charge on any atom is 0.404 e. The number of aromatic nitrogens is 2. The summed E-state index contributed by atoms with van der Waals surface area (Å²) in [5, 5.41) is 10.4. The maximum atomic E-state index is 10.2. The van der Waals surface area contributed by atoms with Gasteiger partial charge in [0.2, 0.25) is 0 Å². The van der Waals surface area contributed by atoms with Crippen molar-refractivity contribution >= 4 is 35.0 Å². The average Bonchev–Trinajstić information content (AvgIpc) is 2.17. The number of nitrogens with two attached hydrogens (primary N) is 1. The fourth-order valence-corrected chi connectivity index (χ4v) is 1.12. The van der Waals surface area contributed by atoms with Crippen molar-refractivity contribution < 1.29 is 9.53 Å². The van der Waals surface area contributed by atoms with Crippen molar-refractivity contribution in [3.63, 3.8) is 0 Å². The minimum Gasteiger partial charge on any atom is -0.448 e. The monoisotopic (exact) mass is 250 g/mol. The van der Waals surface area contributed by atoms with Gasteiger partial charge in [-0.25, -0.2) is 4.79 Å². The molecule has 0 saturated heterocycles. The number of nitrogens with zero attached hydrogens (tertiary/aromatic N) is 2. The topological polar surface area (TPSA) is 90.1 Å². The van der Waals surface area contributed by atoms with Gasteiger partial charge in [-0.3, -0.25) is 0 Å². The van der Waals surface area contributed by atoms with E-state index in [2.05, 4.69) is 20.3 Å². The summed E-state index contributed by atoms with van der Waals surface area (Å²) < 4.78 is 4.50. The molecule has 82 valence electrons. The molecular formula is C7H8Cl2N4O2. The van der Waals surface area contributed by atoms with Crippen LogP contribution in [-0.4, -0.2) is 29.4 Å². The number of halogens is 2. The number of hydrogen-bond donors (Lipinski definition) is 2. The number of ether oxygens (including phenoxy) is 1. The van der Waals surface area contributed by atoms with Gasteiger partial charge in [0, 0.05) is 12.6 Å². The van der Waals surface area contributed by atoms with Gasteiger partial charge < -0.3 is 15.8 Å². The lowest BCUT2D eigenvalue weighted by Crippen LogP contribution is -2.18. The van der Waals surface area contributed by atoms with Crippen LogP contribution in [0.4, 0.5) is 10.5 Å². The van der Waals surface area contributed by atoms with E-state index in [1.165, 1.54) is 6.07 Å². The van der Waals surface area contributed by atoms with Crippen molar-refractivity contribution in [2.75, 3.05) is 18.5 Å². The molecule has 0 saturated carbocycles. The molecule has 1 heterocycles. The highest BCUT2D eigenvalue weighted by molar-refractivity contribution is 6.33. The zero-order valence-corrected chi connectivity index (χ0v) is 9.05. The molecule has 0 aliphatic rings. The molecular weight excluding hydrogens is 243 g/mol. The first kappa shape index (κ1) is 11.8. The number of primary amides is 1. The van der Waals surface area contributed by atoms with Gasteiger partial charge in [-0.1, -0.05) is 23.2 Å². The second-order valence-electron chi connectivity index (χ2n) is 2.47. The molecule has 0 fully saturated rings. The molecule has 1 aromatic rings. The minimum atomic E-state index is -0.825. The smallest absolute Gasteiger partial charge is 0.404 e. The van der Waals surface area contributed by atoms with Gasteiger partial charge in [0.05, 0.1) is 5.69 Å². The molecule has 0 atom stereocenters. The van der Waals surface area contributed by atoms with Crippen molar-refractivity contribution in [2.45, 2.75) is 0 Å². The summed E-state index contributed by atoms with van der Waals surface area (Å²) in [7, 11) is 0. The number of hydrogen-bond acceptors (Lipinski definition) is 5. The Morgan fingerprint density at radius 2 is 2.27 bits per heavy atom. The molecule has 0 aliphatic carbocycles. The molecule has 0 bridgehead atoms. The predicted molar refractivity (Wildman–Crippen MR) is 56.1 cm³/mol. The van der Waals surface area contributed by atoms with Crippen LogP contribution in [0.3, 0.4) is 0 Å². The Balaban J connectivity index is 2.43. The fourth-order valence-electron chi connectivity index (χ4n) is 0.814. The van der Waals surface area contributed by atoms with Crippen LogP contribution in [0.2, 0.25) is 10.3 Å². The molecule has 6 nitrogen and oxygen atoms in total. The van der Waals surface area contributed by atoms with Gasteiger partial charge >= 0.3 is 6.09 Å². The van der Waals surface area contributed by atoms with Crippen molar-refractivity contribution in [3.8, 4) is 0 Å². The third-order valence-corrected chi connectivity index (χ3v) is 1.84. The van der Waals surface area contributed by atoms with E-state index in [-0.39, 0.29) is 16.9 Å². The van der Waals surface area contributed by atoms with Gasteiger partial charge in [0.1, 0.15) is 6.61 Å². The Morgan fingerprint density at radius 1 is 1.53 bits per heavy atom. The number of carbonyl (C=O) groups is 1. The first-order chi connectivity index (χ1) is 7.09. The summed E-state index contributed by atoms with van der Waals surface area (Å²) >= 11 is 11.3. The van der Waals surface area contributed by atoms with Crippen molar-refractivity contribution in [3.05, 3.63) is 16.4 Å². The minimum absolute atomic E-state index is 0.131. The number of nitrogens with one attached hydrogen (secondary N) is 1. The van der Waals surface area contributed by atoms with E-state index in [0.717, 1.165) is 0 Å². The lowest BCUT2D eigenvalue weighted by Gasteiger charge is -2.06. The molecule has 1 amide bonds. The van der Waals surface area contributed by atoms with E-state index in [0.29, 0.717) is 12.2 Å². The summed E-state index contributed by atoms with van der Waals surface area (Å²) in [5.74, 6) is 0. The van der Waals surface area contributed by atoms with E-state index in [1.54, 1.807) is 0 Å². The van der Waals surface area contributed by atoms with Crippen LogP contribution in [0.25, 0.3) is 0 Å². The predicted octanol–water partition coefficient (Wildman–Crippen LogP) is 1.29. The van der Waals surface area contributed by atoms with Crippen LogP contribution >= 0.6 is 23.2 Å². The maximum absolute atomic E-state index is 10.2. The van der Waals surface area contributed by atoms with Crippen LogP contribution in [0.15, 0.2) is 6.07 Å². The molecule has 3 N–H and O–H groups in total. The lowest BCUT2D eigenvalue weighted by molar-refractivity contribution is 0.161. The Hall–Kier alpha value is -1.27. The van der Waals surface area contributed by atoms with E-state index in [1.807, 2.05) is 0 Å². The van der Waals surface area contributed by atoms with Crippen molar-refractivity contribution in [2.24, 2.45) is 5.73 Å². The molecule has 0 unspecified atom stereocenters. The zero-order chi connectivity index (χ0) is 11.3. The van der Waals surface area contributed by atoms with Crippen molar-refractivity contribution in [1.29, 1.82) is 0 Å². The molecule has 0 radical (unpaired) electrons. The summed E-state index contributed by atoms with van der Waals surface area (Å²) in [5.41, 5.74) is 5.29. The highest BCUT2D eigenvalue weighted by Gasteiger charge is 2.03. The first-order valence-corrected chi connectivity index (χ1v) is 4.70. The number of amides is 1. The molecule has 1 aromatic heterocycles.